The predicted molar refractivity (Wildman–Crippen MR) is 144 cm³/mol. The minimum absolute atomic E-state index is 0.639. The molecule has 0 N–H and O–H groups in total. The van der Waals surface area contributed by atoms with Gasteiger partial charge in [0.2, 0.25) is 0 Å². The fourth-order valence-electron chi connectivity index (χ4n) is 4.16. The van der Waals surface area contributed by atoms with Crippen LogP contribution in [0, 0.1) is 0 Å². The smallest absolute Gasteiger partial charge is 0.164 e. The van der Waals surface area contributed by atoms with Crippen LogP contribution in [0.15, 0.2) is 121 Å². The molecule has 4 heteroatoms. The van der Waals surface area contributed by atoms with Crippen molar-refractivity contribution < 1.29 is 0 Å². The van der Waals surface area contributed by atoms with Gasteiger partial charge in [0, 0.05) is 21.7 Å². The summed E-state index contributed by atoms with van der Waals surface area (Å²) in [5.41, 5.74) is 5.00. The molecule has 0 atom stereocenters. The second kappa shape index (κ2) is 9.13. The van der Waals surface area contributed by atoms with Crippen molar-refractivity contribution in [1.29, 1.82) is 0 Å². The van der Waals surface area contributed by atoms with Crippen LogP contribution in [0.5, 0.6) is 0 Å². The van der Waals surface area contributed by atoms with Gasteiger partial charge < -0.3 is 0 Å². The van der Waals surface area contributed by atoms with Crippen LogP contribution in [0.2, 0.25) is 5.02 Å². The first-order valence-corrected chi connectivity index (χ1v) is 11.8. The second-order valence-corrected chi connectivity index (χ2v) is 8.76. The van der Waals surface area contributed by atoms with Crippen molar-refractivity contribution in [1.82, 2.24) is 15.0 Å². The van der Waals surface area contributed by atoms with Gasteiger partial charge in [0.05, 0.1) is 0 Å². The van der Waals surface area contributed by atoms with Gasteiger partial charge in [-0.05, 0) is 40.1 Å². The number of nitrogens with zero attached hydrogens (tertiary/aromatic N) is 3. The zero-order valence-corrected chi connectivity index (χ0v) is 19.5. The largest absolute Gasteiger partial charge is 0.208 e. The molecule has 0 aliphatic carbocycles. The average molecular weight is 470 g/mol. The van der Waals surface area contributed by atoms with E-state index in [1.165, 1.54) is 5.39 Å². The molecule has 6 aromatic rings. The molecule has 0 radical (unpaired) electrons. The molecule has 1 aromatic heterocycles. The maximum atomic E-state index is 6.18. The van der Waals surface area contributed by atoms with Crippen molar-refractivity contribution in [2.24, 2.45) is 0 Å². The molecule has 0 saturated heterocycles. The molecular weight excluding hydrogens is 450 g/mol. The lowest BCUT2D eigenvalue weighted by Crippen LogP contribution is -2.00. The Morgan fingerprint density at radius 2 is 0.914 bits per heavy atom. The highest BCUT2D eigenvalue weighted by Crippen LogP contribution is 2.29. The summed E-state index contributed by atoms with van der Waals surface area (Å²) < 4.78 is 0. The number of hydrogen-bond acceptors (Lipinski definition) is 3. The third kappa shape index (κ3) is 4.42. The Kier molecular flexibility index (Phi) is 5.53. The van der Waals surface area contributed by atoms with Gasteiger partial charge in [0.25, 0.3) is 0 Å². The van der Waals surface area contributed by atoms with E-state index in [1.807, 2.05) is 72.8 Å². The second-order valence-electron chi connectivity index (χ2n) is 8.32. The van der Waals surface area contributed by atoms with Gasteiger partial charge in [-0.2, -0.15) is 0 Å². The fourth-order valence-corrected chi connectivity index (χ4v) is 4.35. The van der Waals surface area contributed by atoms with Crippen LogP contribution in [0.1, 0.15) is 0 Å². The Bertz CT molecular complexity index is 1640. The van der Waals surface area contributed by atoms with Crippen LogP contribution >= 0.6 is 11.6 Å². The number of benzene rings is 5. The standard InChI is InChI=1S/C31H20ClN3/c32-28-12-6-11-26(20-28)22-13-16-24(17-14-22)30-33-29(23-8-2-1-3-9-23)34-31(35-30)27-18-15-21-7-4-5-10-25(21)19-27/h1-20H. The van der Waals surface area contributed by atoms with Crippen LogP contribution < -0.4 is 0 Å². The molecule has 0 unspecified atom stereocenters. The summed E-state index contributed by atoms with van der Waals surface area (Å²) in [6.07, 6.45) is 0. The number of hydrogen-bond donors (Lipinski definition) is 0. The third-order valence-electron chi connectivity index (χ3n) is 5.98. The van der Waals surface area contributed by atoms with Gasteiger partial charge in [-0.3, -0.25) is 0 Å². The molecular formula is C31H20ClN3. The fraction of sp³-hybridized carbons (Fsp3) is 0. The monoisotopic (exact) mass is 469 g/mol. The summed E-state index contributed by atoms with van der Waals surface area (Å²) in [4.78, 5) is 14.6. The lowest BCUT2D eigenvalue weighted by molar-refractivity contribution is 1.07. The maximum absolute atomic E-state index is 6.18. The van der Waals surface area contributed by atoms with Crippen LogP contribution in [0.4, 0.5) is 0 Å². The van der Waals surface area contributed by atoms with Gasteiger partial charge in [0.15, 0.2) is 17.5 Å². The van der Waals surface area contributed by atoms with E-state index in [1.54, 1.807) is 0 Å². The molecule has 35 heavy (non-hydrogen) atoms. The van der Waals surface area contributed by atoms with Crippen LogP contribution in [0.3, 0.4) is 0 Å². The maximum Gasteiger partial charge on any atom is 0.164 e. The molecule has 0 spiro atoms. The zero-order chi connectivity index (χ0) is 23.6. The predicted octanol–water partition coefficient (Wildman–Crippen LogP) is 8.35. The van der Waals surface area contributed by atoms with Gasteiger partial charge in [-0.25, -0.2) is 15.0 Å². The Morgan fingerprint density at radius 3 is 1.63 bits per heavy atom. The average Bonchev–Trinajstić information content (AvgIpc) is 2.93. The van der Waals surface area contributed by atoms with Crippen molar-refractivity contribution in [2.75, 3.05) is 0 Å². The Balaban J connectivity index is 1.47. The van der Waals surface area contributed by atoms with Crippen molar-refractivity contribution in [3.63, 3.8) is 0 Å². The van der Waals surface area contributed by atoms with Crippen molar-refractivity contribution in [2.45, 2.75) is 0 Å². The summed E-state index contributed by atoms with van der Waals surface area (Å²) >= 11 is 6.18. The summed E-state index contributed by atoms with van der Waals surface area (Å²) in [5.74, 6) is 1.94. The minimum Gasteiger partial charge on any atom is -0.208 e. The third-order valence-corrected chi connectivity index (χ3v) is 6.21. The Labute approximate surface area is 208 Å². The normalized spacial score (nSPS) is 11.0. The lowest BCUT2D eigenvalue weighted by Gasteiger charge is -2.10. The number of halogens is 1. The molecule has 166 valence electrons. The summed E-state index contributed by atoms with van der Waals surface area (Å²) in [5, 5.41) is 3.06. The van der Waals surface area contributed by atoms with E-state index in [0.717, 1.165) is 38.2 Å². The van der Waals surface area contributed by atoms with E-state index in [2.05, 4.69) is 48.5 Å². The van der Waals surface area contributed by atoms with Crippen LogP contribution in [-0.2, 0) is 0 Å². The van der Waals surface area contributed by atoms with Gasteiger partial charge in [-0.15, -0.1) is 0 Å². The summed E-state index contributed by atoms with van der Waals surface area (Å²) in [6, 6.07) is 40.7. The molecule has 5 aromatic carbocycles. The number of rotatable bonds is 4. The first-order chi connectivity index (χ1) is 17.2. The summed E-state index contributed by atoms with van der Waals surface area (Å²) in [6.45, 7) is 0. The first kappa shape index (κ1) is 21.2. The highest BCUT2D eigenvalue weighted by molar-refractivity contribution is 6.30. The van der Waals surface area contributed by atoms with E-state index in [4.69, 9.17) is 26.6 Å². The van der Waals surface area contributed by atoms with Crippen LogP contribution in [0.25, 0.3) is 56.1 Å². The highest BCUT2D eigenvalue weighted by atomic mass is 35.5. The van der Waals surface area contributed by atoms with E-state index >= 15 is 0 Å². The molecule has 3 nitrogen and oxygen atoms in total. The van der Waals surface area contributed by atoms with Crippen molar-refractivity contribution in [3.05, 3.63) is 126 Å². The quantitative estimate of drug-likeness (QED) is 0.260. The van der Waals surface area contributed by atoms with Crippen LogP contribution in [-0.4, -0.2) is 15.0 Å². The first-order valence-electron chi connectivity index (χ1n) is 11.4. The summed E-state index contributed by atoms with van der Waals surface area (Å²) in [7, 11) is 0. The molecule has 0 aliphatic heterocycles. The topological polar surface area (TPSA) is 38.7 Å². The van der Waals surface area contributed by atoms with Crippen molar-refractivity contribution >= 4 is 22.4 Å². The highest BCUT2D eigenvalue weighted by Gasteiger charge is 2.13. The van der Waals surface area contributed by atoms with Gasteiger partial charge >= 0.3 is 0 Å². The molecule has 6 rings (SSSR count). The molecule has 0 aliphatic rings. The molecule has 0 saturated carbocycles. The van der Waals surface area contributed by atoms with Gasteiger partial charge in [0.1, 0.15) is 0 Å². The van der Waals surface area contributed by atoms with E-state index in [0.29, 0.717) is 17.5 Å². The minimum atomic E-state index is 0.639. The lowest BCUT2D eigenvalue weighted by atomic mass is 10.0. The SMILES string of the molecule is Clc1cccc(-c2ccc(-c3nc(-c4ccccc4)nc(-c4ccc5ccccc5c4)n3)cc2)c1. The zero-order valence-electron chi connectivity index (χ0n) is 18.8. The molecule has 0 amide bonds. The molecule has 0 bridgehead atoms. The molecule has 0 fully saturated rings. The van der Waals surface area contributed by atoms with E-state index in [9.17, 15) is 0 Å². The van der Waals surface area contributed by atoms with E-state index < -0.39 is 0 Å². The Hall–Kier alpha value is -4.34. The van der Waals surface area contributed by atoms with Crippen molar-refractivity contribution in [3.8, 4) is 45.3 Å². The molecule has 1 heterocycles. The Morgan fingerprint density at radius 1 is 0.371 bits per heavy atom. The van der Waals surface area contributed by atoms with E-state index in [-0.39, 0.29) is 0 Å². The van der Waals surface area contributed by atoms with Gasteiger partial charge in [-0.1, -0.05) is 115 Å². The number of fused-ring (bicyclic) bond motifs is 1. The number of aromatic nitrogens is 3.